The summed E-state index contributed by atoms with van der Waals surface area (Å²) < 4.78 is 53.9. The van der Waals surface area contributed by atoms with Gasteiger partial charge < -0.3 is 15.5 Å². The zero-order chi connectivity index (χ0) is 18.2. The Morgan fingerprint density at radius 3 is 1.96 bits per heavy atom. The fourth-order valence-corrected chi connectivity index (χ4v) is 2.36. The number of benzene rings is 1. The summed E-state index contributed by atoms with van der Waals surface area (Å²) >= 11 is 9.59. The van der Waals surface area contributed by atoms with E-state index >= 15 is 0 Å². The maximum atomic E-state index is 14.4. The van der Waals surface area contributed by atoms with Gasteiger partial charge in [0.2, 0.25) is 0 Å². The maximum absolute atomic E-state index is 14.4. The van der Waals surface area contributed by atoms with Gasteiger partial charge in [-0.05, 0) is 48.7 Å². The lowest BCUT2D eigenvalue weighted by Gasteiger charge is -2.33. The first-order valence-corrected chi connectivity index (χ1v) is 6.90. The van der Waals surface area contributed by atoms with E-state index in [0.717, 1.165) is 12.1 Å². The number of anilines is 1. The first-order valence-electron chi connectivity index (χ1n) is 6.15. The molecule has 0 fully saturated rings. The van der Waals surface area contributed by atoms with Crippen LogP contribution in [0.15, 0.2) is 12.1 Å². The topological polar surface area (TPSA) is 69.6 Å². The second-order valence-corrected chi connectivity index (χ2v) is 5.92. The number of nitrogens with one attached hydrogen (secondary N) is 1. The lowest BCUT2D eigenvalue weighted by molar-refractivity contribution is -0.260. The van der Waals surface area contributed by atoms with E-state index in [9.17, 15) is 22.4 Å². The van der Waals surface area contributed by atoms with Crippen molar-refractivity contribution in [3.63, 3.8) is 0 Å². The summed E-state index contributed by atoms with van der Waals surface area (Å²) in [4.78, 5) is 10.5. The van der Waals surface area contributed by atoms with Gasteiger partial charge in [0.05, 0.1) is 0 Å². The van der Waals surface area contributed by atoms with Crippen molar-refractivity contribution in [2.75, 3.05) is 11.9 Å². The number of aliphatic hydroxyl groups is 1. The molecular weight excluding hydrogens is 365 g/mol. The number of carboxylic acids is 1. The quantitative estimate of drug-likeness (QED) is 0.522. The highest BCUT2D eigenvalue weighted by Crippen LogP contribution is 2.52. The summed E-state index contributed by atoms with van der Waals surface area (Å²) in [5.74, 6) is -6.04. The molecule has 0 aliphatic rings. The SMILES string of the molecule is Cc1cc(C(F)(Cl)C(O)(F)C(F)(F)Cl)cc(C)c1NCC(=O)O. The molecule has 4 nitrogen and oxygen atoms in total. The van der Waals surface area contributed by atoms with Crippen molar-refractivity contribution in [1.29, 1.82) is 0 Å². The molecule has 0 aliphatic heterocycles. The van der Waals surface area contributed by atoms with Crippen LogP contribution in [0, 0.1) is 13.8 Å². The highest BCUT2D eigenvalue weighted by Gasteiger charge is 2.68. The molecule has 0 saturated heterocycles. The minimum atomic E-state index is -4.98. The van der Waals surface area contributed by atoms with E-state index in [0.29, 0.717) is 0 Å². The van der Waals surface area contributed by atoms with Gasteiger partial charge in [-0.2, -0.15) is 13.2 Å². The Bertz CT molecular complexity index is 595. The predicted octanol–water partition coefficient (Wildman–Crippen LogP) is 3.65. The molecule has 0 saturated carbocycles. The average Bonchev–Trinajstić information content (AvgIpc) is 2.35. The summed E-state index contributed by atoms with van der Waals surface area (Å²) in [6.45, 7) is 2.34. The molecule has 23 heavy (non-hydrogen) atoms. The standard InChI is InChI=1S/C13H13Cl2F4NO3/c1-6-3-8(4-7(2)10(6)20-5-9(21)22)11(14,16)12(17,23)13(15,18)19/h3-4,20,23H,5H2,1-2H3,(H,21,22). The maximum Gasteiger partial charge on any atom is 0.384 e. The molecule has 2 atom stereocenters. The van der Waals surface area contributed by atoms with Crippen molar-refractivity contribution in [2.24, 2.45) is 0 Å². The molecule has 0 bridgehead atoms. The minimum absolute atomic E-state index is 0.206. The molecule has 2 unspecified atom stereocenters. The summed E-state index contributed by atoms with van der Waals surface area (Å²) in [5, 5.41) is 11.2. The lowest BCUT2D eigenvalue weighted by Crippen LogP contribution is -2.52. The van der Waals surface area contributed by atoms with Gasteiger partial charge in [0, 0.05) is 11.3 Å². The van der Waals surface area contributed by atoms with Crippen LogP contribution >= 0.6 is 23.2 Å². The fourth-order valence-electron chi connectivity index (χ4n) is 1.96. The van der Waals surface area contributed by atoms with Crippen molar-refractivity contribution in [3.8, 4) is 0 Å². The van der Waals surface area contributed by atoms with Gasteiger partial charge in [-0.1, -0.05) is 11.6 Å². The summed E-state index contributed by atoms with van der Waals surface area (Å²) in [6, 6.07) is 1.80. The van der Waals surface area contributed by atoms with E-state index in [-0.39, 0.29) is 16.8 Å². The second kappa shape index (κ2) is 6.33. The molecule has 0 spiro atoms. The van der Waals surface area contributed by atoms with Crippen LogP contribution in [0.2, 0.25) is 0 Å². The minimum Gasteiger partial charge on any atom is -0.480 e. The molecular formula is C13H13Cl2F4NO3. The van der Waals surface area contributed by atoms with Crippen LogP contribution in [0.25, 0.3) is 0 Å². The van der Waals surface area contributed by atoms with E-state index < -0.39 is 34.4 Å². The van der Waals surface area contributed by atoms with Crippen molar-refractivity contribution in [1.82, 2.24) is 0 Å². The third-order valence-electron chi connectivity index (χ3n) is 3.10. The van der Waals surface area contributed by atoms with Gasteiger partial charge in [0.25, 0.3) is 5.13 Å². The number of alkyl halides is 6. The second-order valence-electron chi connectivity index (χ2n) is 4.93. The molecule has 130 valence electrons. The van der Waals surface area contributed by atoms with Crippen molar-refractivity contribution < 1.29 is 32.6 Å². The molecule has 0 heterocycles. The molecule has 0 amide bonds. The smallest absolute Gasteiger partial charge is 0.384 e. The van der Waals surface area contributed by atoms with Crippen molar-refractivity contribution >= 4 is 34.9 Å². The van der Waals surface area contributed by atoms with Crippen LogP contribution < -0.4 is 5.32 Å². The Kier molecular flexibility index (Phi) is 5.45. The Hall–Kier alpha value is -1.25. The van der Waals surface area contributed by atoms with Crippen LogP contribution in [0.5, 0.6) is 0 Å². The number of aryl methyl sites for hydroxylation is 2. The summed E-state index contributed by atoms with van der Waals surface area (Å²) in [7, 11) is 0. The third-order valence-corrected chi connectivity index (χ3v) is 3.82. The van der Waals surface area contributed by atoms with E-state index in [1.807, 2.05) is 0 Å². The largest absolute Gasteiger partial charge is 0.480 e. The Labute approximate surface area is 139 Å². The molecule has 1 aromatic rings. The summed E-state index contributed by atoms with van der Waals surface area (Å²) in [5.41, 5.74) is -0.0979. The number of hydrogen-bond donors (Lipinski definition) is 3. The molecule has 10 heteroatoms. The average molecular weight is 378 g/mol. The highest BCUT2D eigenvalue weighted by atomic mass is 35.5. The van der Waals surface area contributed by atoms with Gasteiger partial charge in [0.15, 0.2) is 0 Å². The van der Waals surface area contributed by atoms with Crippen molar-refractivity contribution in [3.05, 3.63) is 28.8 Å². The Morgan fingerprint density at radius 1 is 1.17 bits per heavy atom. The Balaban J connectivity index is 3.32. The van der Waals surface area contributed by atoms with Crippen LogP contribution in [-0.2, 0) is 9.92 Å². The van der Waals surface area contributed by atoms with Crippen LogP contribution in [-0.4, -0.2) is 34.0 Å². The molecule has 1 rings (SSSR count). The third kappa shape index (κ3) is 3.81. The highest BCUT2D eigenvalue weighted by molar-refractivity contribution is 6.26. The van der Waals surface area contributed by atoms with Gasteiger partial charge >= 0.3 is 17.2 Å². The zero-order valence-corrected chi connectivity index (χ0v) is 13.4. The molecule has 0 aliphatic carbocycles. The predicted molar refractivity (Wildman–Crippen MR) is 77.5 cm³/mol. The fraction of sp³-hybridized carbons (Fsp3) is 0.462. The van der Waals surface area contributed by atoms with E-state index in [2.05, 4.69) is 16.9 Å². The van der Waals surface area contributed by atoms with Gasteiger partial charge in [-0.15, -0.1) is 0 Å². The number of carboxylic acid groups (broad SMARTS) is 1. The first-order chi connectivity index (χ1) is 10.2. The van der Waals surface area contributed by atoms with E-state index in [1.165, 1.54) is 13.8 Å². The zero-order valence-electron chi connectivity index (χ0n) is 11.9. The molecule has 0 radical (unpaired) electrons. The lowest BCUT2D eigenvalue weighted by atomic mass is 9.97. The number of rotatable bonds is 6. The number of carbonyl (C=O) groups is 1. The molecule has 3 N–H and O–H groups in total. The summed E-state index contributed by atoms with van der Waals surface area (Å²) in [6.07, 6.45) is 0. The number of halogens is 6. The van der Waals surface area contributed by atoms with E-state index in [1.54, 1.807) is 0 Å². The van der Waals surface area contributed by atoms with Crippen LogP contribution in [0.4, 0.5) is 23.2 Å². The van der Waals surface area contributed by atoms with Crippen LogP contribution in [0.1, 0.15) is 16.7 Å². The van der Waals surface area contributed by atoms with Crippen LogP contribution in [0.3, 0.4) is 0 Å². The van der Waals surface area contributed by atoms with Gasteiger partial charge in [-0.25, -0.2) is 4.39 Å². The van der Waals surface area contributed by atoms with Crippen molar-refractivity contribution in [2.45, 2.75) is 30.2 Å². The monoisotopic (exact) mass is 377 g/mol. The molecule has 1 aromatic carbocycles. The number of hydrogen-bond acceptors (Lipinski definition) is 3. The van der Waals surface area contributed by atoms with Gasteiger partial charge in [0.1, 0.15) is 6.54 Å². The Morgan fingerprint density at radius 2 is 1.61 bits per heavy atom. The number of aliphatic carboxylic acids is 1. The van der Waals surface area contributed by atoms with E-state index in [4.69, 9.17) is 21.8 Å². The normalized spacial score (nSPS) is 17.3. The van der Waals surface area contributed by atoms with Gasteiger partial charge in [-0.3, -0.25) is 4.79 Å². The first kappa shape index (κ1) is 19.8. The molecule has 0 aromatic heterocycles.